The molecule has 0 atom stereocenters. The van der Waals surface area contributed by atoms with Crippen LogP contribution in [0.15, 0.2) is 0 Å². The number of hydrogen-bond donors (Lipinski definition) is 1. The Morgan fingerprint density at radius 2 is 1.72 bits per heavy atom. The fraction of sp³-hybridized carbons (Fsp3) is 1.00. The van der Waals surface area contributed by atoms with Crippen LogP contribution in [0.1, 0.15) is 25.7 Å². The van der Waals surface area contributed by atoms with Crippen molar-refractivity contribution in [2.24, 2.45) is 10.8 Å². The molecule has 2 saturated heterocycles. The normalized spacial score (nSPS) is 32.3. The molecule has 0 aromatic carbocycles. The van der Waals surface area contributed by atoms with E-state index in [0.29, 0.717) is 19.4 Å². The molecule has 1 N–H and O–H groups in total. The molecule has 3 fully saturated rings. The summed E-state index contributed by atoms with van der Waals surface area (Å²) < 4.78 is 37.0. The zero-order valence-electron chi connectivity index (χ0n) is 10.6. The molecule has 3 aliphatic rings. The van der Waals surface area contributed by atoms with Gasteiger partial charge in [-0.2, -0.15) is 0 Å². The second kappa shape index (κ2) is 4.39. The summed E-state index contributed by atoms with van der Waals surface area (Å²) in [6, 6.07) is 0. The fourth-order valence-corrected chi connectivity index (χ4v) is 3.48. The predicted octanol–water partition coefficient (Wildman–Crippen LogP) is 1.82. The third-order valence-corrected chi connectivity index (χ3v) is 4.88. The molecule has 0 unspecified atom stereocenters. The van der Waals surface area contributed by atoms with Gasteiger partial charge < -0.3 is 9.47 Å². The van der Waals surface area contributed by atoms with E-state index >= 15 is 0 Å². The van der Waals surface area contributed by atoms with E-state index in [1.54, 1.807) is 0 Å². The van der Waals surface area contributed by atoms with Gasteiger partial charge in [0.25, 0.3) is 0 Å². The summed E-state index contributed by atoms with van der Waals surface area (Å²) >= 11 is 0. The minimum Gasteiger partial charge on any atom is -0.381 e. The minimum absolute atomic E-state index is 0.174. The average Bonchev–Trinajstić information content (AvgIpc) is 2.39. The lowest BCUT2D eigenvalue weighted by atomic mass is 9.63. The van der Waals surface area contributed by atoms with Gasteiger partial charge in [-0.05, 0) is 12.8 Å². The van der Waals surface area contributed by atoms with Crippen molar-refractivity contribution in [3.63, 3.8) is 0 Å². The molecule has 1 saturated carbocycles. The summed E-state index contributed by atoms with van der Waals surface area (Å²) in [6.07, 6.45) is 2.93. The molecule has 0 radical (unpaired) electrons. The Hall–Kier alpha value is -0.260. The molecular weight excluding hydrogens is 240 g/mol. The maximum Gasteiger partial charge on any atom is 0.120 e. The number of ether oxygens (including phenoxy) is 2. The van der Waals surface area contributed by atoms with Crippen LogP contribution in [-0.4, -0.2) is 45.4 Å². The van der Waals surface area contributed by atoms with Gasteiger partial charge in [-0.1, -0.05) is 0 Å². The van der Waals surface area contributed by atoms with E-state index in [9.17, 15) is 8.78 Å². The summed E-state index contributed by atoms with van der Waals surface area (Å²) in [6.45, 7) is 1.97. The van der Waals surface area contributed by atoms with E-state index in [-0.39, 0.29) is 5.41 Å². The van der Waals surface area contributed by atoms with E-state index < -0.39 is 24.5 Å². The first-order valence-corrected chi connectivity index (χ1v) is 6.74. The first-order chi connectivity index (χ1) is 8.66. The predicted molar refractivity (Wildman–Crippen MR) is 62.8 cm³/mol. The number of alkyl halides is 2. The highest BCUT2D eigenvalue weighted by molar-refractivity contribution is 5.07. The van der Waals surface area contributed by atoms with Crippen molar-refractivity contribution in [3.05, 3.63) is 0 Å². The van der Waals surface area contributed by atoms with Crippen LogP contribution in [0, 0.1) is 10.8 Å². The van der Waals surface area contributed by atoms with E-state index in [4.69, 9.17) is 9.47 Å². The van der Waals surface area contributed by atoms with E-state index in [2.05, 4.69) is 5.32 Å². The second-order valence-corrected chi connectivity index (χ2v) is 6.37. The van der Waals surface area contributed by atoms with Crippen LogP contribution in [0.5, 0.6) is 0 Å². The monoisotopic (exact) mass is 261 g/mol. The van der Waals surface area contributed by atoms with Gasteiger partial charge in [0.15, 0.2) is 0 Å². The molecule has 0 bridgehead atoms. The van der Waals surface area contributed by atoms with Crippen molar-refractivity contribution in [3.8, 4) is 0 Å². The lowest BCUT2D eigenvalue weighted by Crippen LogP contribution is -2.69. The van der Waals surface area contributed by atoms with Gasteiger partial charge in [-0.15, -0.1) is 0 Å². The van der Waals surface area contributed by atoms with Crippen LogP contribution in [0.4, 0.5) is 8.78 Å². The van der Waals surface area contributed by atoms with Gasteiger partial charge in [0.05, 0.1) is 20.0 Å². The van der Waals surface area contributed by atoms with E-state index in [1.165, 1.54) is 0 Å². The highest BCUT2D eigenvalue weighted by Gasteiger charge is 2.58. The van der Waals surface area contributed by atoms with Crippen LogP contribution >= 0.6 is 0 Å². The van der Waals surface area contributed by atoms with Gasteiger partial charge in [-0.25, -0.2) is 0 Å². The molecule has 0 amide bonds. The Bertz CT molecular complexity index is 294. The summed E-state index contributed by atoms with van der Waals surface area (Å²) in [5.74, 6) is 0. The van der Waals surface area contributed by atoms with Crippen LogP contribution < -0.4 is 5.32 Å². The Balaban J connectivity index is 1.58. The van der Waals surface area contributed by atoms with Crippen molar-refractivity contribution < 1.29 is 18.3 Å². The zero-order valence-corrected chi connectivity index (χ0v) is 10.6. The molecule has 2 aliphatic heterocycles. The SMILES string of the molecule is FCC1(CF)CC2(C1)NCC1(CCOCC1)CO2. The third kappa shape index (κ3) is 1.96. The molecule has 5 heteroatoms. The maximum absolute atomic E-state index is 12.8. The van der Waals surface area contributed by atoms with Gasteiger partial charge in [0.1, 0.15) is 5.72 Å². The van der Waals surface area contributed by atoms with Crippen molar-refractivity contribution in [2.45, 2.75) is 31.4 Å². The number of nitrogens with one attached hydrogen (secondary N) is 1. The quantitative estimate of drug-likeness (QED) is 0.822. The van der Waals surface area contributed by atoms with Gasteiger partial charge in [0, 0.05) is 43.4 Å². The second-order valence-electron chi connectivity index (χ2n) is 6.37. The van der Waals surface area contributed by atoms with E-state index in [0.717, 1.165) is 32.6 Å². The lowest BCUT2D eigenvalue weighted by Gasteiger charge is -2.58. The van der Waals surface area contributed by atoms with Crippen molar-refractivity contribution in [1.82, 2.24) is 5.32 Å². The molecular formula is C13H21F2NO2. The standard InChI is InChI=1S/C13H21F2NO2/c14-7-12(8-15)5-13(6-12)16-9-11(10-18-13)1-3-17-4-2-11/h16H,1-10H2. The zero-order chi connectivity index (χ0) is 12.7. The molecule has 1 aliphatic carbocycles. The van der Waals surface area contributed by atoms with E-state index in [1.807, 2.05) is 0 Å². The molecule has 2 spiro atoms. The highest BCUT2D eigenvalue weighted by atomic mass is 19.1. The number of hydrogen-bond acceptors (Lipinski definition) is 3. The summed E-state index contributed by atoms with van der Waals surface area (Å²) in [5, 5.41) is 3.40. The fourth-order valence-electron chi connectivity index (χ4n) is 3.48. The molecule has 0 aromatic rings. The highest BCUT2D eigenvalue weighted by Crippen LogP contribution is 2.52. The van der Waals surface area contributed by atoms with Crippen molar-refractivity contribution in [2.75, 3.05) is 39.7 Å². The molecule has 104 valence electrons. The Morgan fingerprint density at radius 3 is 2.22 bits per heavy atom. The third-order valence-electron chi connectivity index (χ3n) is 4.88. The first-order valence-electron chi connectivity index (χ1n) is 6.74. The molecule has 18 heavy (non-hydrogen) atoms. The van der Waals surface area contributed by atoms with Gasteiger partial charge >= 0.3 is 0 Å². The topological polar surface area (TPSA) is 30.5 Å². The van der Waals surface area contributed by atoms with Crippen LogP contribution in [0.2, 0.25) is 0 Å². The summed E-state index contributed by atoms with van der Waals surface area (Å²) in [7, 11) is 0. The maximum atomic E-state index is 12.8. The molecule has 2 heterocycles. The average molecular weight is 261 g/mol. The summed E-state index contributed by atoms with van der Waals surface area (Å²) in [4.78, 5) is 0. The Labute approximate surface area is 106 Å². The van der Waals surface area contributed by atoms with Crippen LogP contribution in [0.3, 0.4) is 0 Å². The Morgan fingerprint density at radius 1 is 1.06 bits per heavy atom. The molecule has 3 nitrogen and oxygen atoms in total. The largest absolute Gasteiger partial charge is 0.381 e. The van der Waals surface area contributed by atoms with Crippen molar-refractivity contribution >= 4 is 0 Å². The molecule has 3 rings (SSSR count). The summed E-state index contributed by atoms with van der Waals surface area (Å²) in [5.41, 5.74) is -1.07. The number of halogens is 2. The number of rotatable bonds is 2. The minimum atomic E-state index is -0.785. The smallest absolute Gasteiger partial charge is 0.120 e. The molecule has 0 aromatic heterocycles. The van der Waals surface area contributed by atoms with Crippen molar-refractivity contribution in [1.29, 1.82) is 0 Å². The lowest BCUT2D eigenvalue weighted by molar-refractivity contribution is -0.245. The van der Waals surface area contributed by atoms with Gasteiger partial charge in [0.2, 0.25) is 0 Å². The van der Waals surface area contributed by atoms with Crippen LogP contribution in [0.25, 0.3) is 0 Å². The van der Waals surface area contributed by atoms with Gasteiger partial charge in [-0.3, -0.25) is 14.1 Å². The Kier molecular flexibility index (Phi) is 3.11. The first kappa shape index (κ1) is 12.8. The van der Waals surface area contributed by atoms with Crippen LogP contribution in [-0.2, 0) is 9.47 Å².